The molecular formula is C33H47N7O3. The number of unbranched alkanes of at least 4 members (excludes halogenated alkanes) is 1. The van der Waals surface area contributed by atoms with E-state index in [0.29, 0.717) is 36.3 Å². The van der Waals surface area contributed by atoms with Crippen LogP contribution in [0.2, 0.25) is 0 Å². The number of aromatic nitrogens is 3. The van der Waals surface area contributed by atoms with Crippen molar-refractivity contribution in [3.8, 4) is 0 Å². The van der Waals surface area contributed by atoms with Gasteiger partial charge in [0.15, 0.2) is 5.58 Å². The lowest BCUT2D eigenvalue weighted by Gasteiger charge is -2.21. The van der Waals surface area contributed by atoms with Crippen molar-refractivity contribution in [2.24, 2.45) is 0 Å². The Morgan fingerprint density at radius 3 is 2.40 bits per heavy atom. The van der Waals surface area contributed by atoms with Crippen molar-refractivity contribution < 1.29 is 13.9 Å². The molecule has 2 heterocycles. The van der Waals surface area contributed by atoms with E-state index in [-0.39, 0.29) is 11.8 Å². The molecular weight excluding hydrogens is 542 g/mol. The number of fused-ring (bicyclic) bond motifs is 1. The number of oxazole rings is 1. The highest BCUT2D eigenvalue weighted by Gasteiger charge is 2.19. The minimum absolute atomic E-state index is 0.279. The summed E-state index contributed by atoms with van der Waals surface area (Å²) in [5, 5.41) is 15.6. The number of nitrogen functional groups attached to an aromatic ring is 1. The molecule has 43 heavy (non-hydrogen) atoms. The highest BCUT2D eigenvalue weighted by molar-refractivity contribution is 6.16. The molecule has 1 unspecified atom stereocenters. The first-order valence-corrected chi connectivity index (χ1v) is 15.1. The van der Waals surface area contributed by atoms with Gasteiger partial charge in [0.2, 0.25) is 0 Å². The van der Waals surface area contributed by atoms with Crippen LogP contribution in [0.3, 0.4) is 0 Å². The van der Waals surface area contributed by atoms with Crippen LogP contribution in [0.4, 0.5) is 23.3 Å². The van der Waals surface area contributed by atoms with E-state index < -0.39 is 0 Å². The van der Waals surface area contributed by atoms with Gasteiger partial charge in [0, 0.05) is 17.3 Å². The number of hydrogen-bond donors (Lipinski definition) is 4. The van der Waals surface area contributed by atoms with E-state index in [2.05, 4.69) is 50.2 Å². The average molecular weight is 590 g/mol. The lowest BCUT2D eigenvalue weighted by molar-refractivity contribution is -0.128. The maximum absolute atomic E-state index is 9.18. The lowest BCUT2D eigenvalue weighted by atomic mass is 10.0. The average Bonchev–Trinajstić information content (AvgIpc) is 3.40. The summed E-state index contributed by atoms with van der Waals surface area (Å²) in [6, 6.07) is 12.3. The second-order valence-electron chi connectivity index (χ2n) is 9.83. The van der Waals surface area contributed by atoms with E-state index in [1.54, 1.807) is 6.92 Å². The quantitative estimate of drug-likeness (QED) is 0.0898. The third-order valence-electron chi connectivity index (χ3n) is 6.49. The van der Waals surface area contributed by atoms with Gasteiger partial charge in [0.05, 0.1) is 17.9 Å². The van der Waals surface area contributed by atoms with Crippen LogP contribution in [0.1, 0.15) is 89.0 Å². The predicted octanol–water partition coefficient (Wildman–Crippen LogP) is 7.95. The number of hydrogen-bond acceptors (Lipinski definition) is 10. The van der Waals surface area contributed by atoms with E-state index >= 15 is 0 Å². The zero-order valence-electron chi connectivity index (χ0n) is 26.6. The van der Waals surface area contributed by atoms with Gasteiger partial charge in [-0.15, -0.1) is 0 Å². The molecule has 0 aliphatic rings. The molecule has 4 rings (SSSR count). The van der Waals surface area contributed by atoms with E-state index in [4.69, 9.17) is 15.6 Å². The fourth-order valence-corrected chi connectivity index (χ4v) is 4.52. The number of benzene rings is 2. The Morgan fingerprint density at radius 2 is 1.79 bits per heavy atom. The summed E-state index contributed by atoms with van der Waals surface area (Å²) in [6.45, 7) is 15.1. The number of nitrogens with zero attached hydrogens (tertiary/aromatic N) is 3. The van der Waals surface area contributed by atoms with Crippen LogP contribution in [0, 0.1) is 19.3 Å². The summed E-state index contributed by atoms with van der Waals surface area (Å²) in [6.07, 6.45) is 6.89. The monoisotopic (exact) mass is 589 g/mol. The minimum atomic E-state index is 0.279. The van der Waals surface area contributed by atoms with Gasteiger partial charge in [0.1, 0.15) is 23.5 Å². The first-order valence-electron chi connectivity index (χ1n) is 15.1. The van der Waals surface area contributed by atoms with Crippen LogP contribution in [0.5, 0.6) is 0 Å². The summed E-state index contributed by atoms with van der Waals surface area (Å²) in [5.74, 6) is 0.906. The van der Waals surface area contributed by atoms with Gasteiger partial charge >= 0.3 is 0 Å². The lowest BCUT2D eigenvalue weighted by Crippen LogP contribution is -2.23. The van der Waals surface area contributed by atoms with Gasteiger partial charge in [-0.1, -0.05) is 65.2 Å². The van der Waals surface area contributed by atoms with E-state index in [1.807, 2.05) is 58.0 Å². The topological polar surface area (TPSA) is 152 Å². The van der Waals surface area contributed by atoms with Gasteiger partial charge < -0.3 is 25.5 Å². The summed E-state index contributed by atoms with van der Waals surface area (Å²) in [4.78, 5) is 22.4. The highest BCUT2D eigenvalue weighted by Crippen LogP contribution is 2.28. The molecule has 5 N–H and O–H groups in total. The Bertz CT molecular complexity index is 1430. The van der Waals surface area contributed by atoms with Crippen molar-refractivity contribution in [3.05, 3.63) is 65.0 Å². The molecule has 0 saturated heterocycles. The van der Waals surface area contributed by atoms with Gasteiger partial charge in [-0.2, -0.15) is 4.98 Å². The van der Waals surface area contributed by atoms with Crippen LogP contribution < -0.4 is 16.4 Å². The Balaban J connectivity index is 0.000000836. The number of carbonyl (C=O) groups excluding carboxylic acids is 1. The second kappa shape index (κ2) is 18.1. The molecule has 2 aromatic carbocycles. The van der Waals surface area contributed by atoms with Gasteiger partial charge in [-0.3, -0.25) is 10.2 Å². The van der Waals surface area contributed by atoms with Crippen LogP contribution in [0.25, 0.3) is 11.1 Å². The molecule has 0 radical (unpaired) electrons. The van der Waals surface area contributed by atoms with E-state index in [1.165, 1.54) is 6.33 Å². The molecule has 0 spiro atoms. The number of nitrogens with one attached hydrogen (secondary N) is 3. The summed E-state index contributed by atoms with van der Waals surface area (Å²) >= 11 is 0. The van der Waals surface area contributed by atoms with Gasteiger partial charge in [-0.25, -0.2) is 9.97 Å². The summed E-state index contributed by atoms with van der Waals surface area (Å²) in [5.41, 5.74) is 12.4. The highest BCUT2D eigenvalue weighted by atomic mass is 16.5. The van der Waals surface area contributed by atoms with Crippen molar-refractivity contribution in [2.45, 2.75) is 86.6 Å². The molecule has 1 atom stereocenters. The maximum atomic E-state index is 9.18. The maximum Gasteiger partial charge on any atom is 0.300 e. The Hall–Kier alpha value is -4.47. The molecule has 2 aromatic heterocycles. The third-order valence-corrected chi connectivity index (χ3v) is 6.49. The van der Waals surface area contributed by atoms with Crippen LogP contribution in [-0.4, -0.2) is 39.8 Å². The Kier molecular flexibility index (Phi) is 14.7. The van der Waals surface area contributed by atoms with Crippen molar-refractivity contribution in [1.29, 1.82) is 5.41 Å². The number of nitrogens with two attached hydrogens (primary N) is 1. The number of carbonyl (C=O) groups is 1. The Morgan fingerprint density at radius 1 is 1.07 bits per heavy atom. The molecule has 0 saturated carbocycles. The normalized spacial score (nSPS) is 11.0. The fraction of sp³-hybridized carbons (Fsp3) is 0.424. The smallest absolute Gasteiger partial charge is 0.300 e. The zero-order valence-corrected chi connectivity index (χ0v) is 26.6. The van der Waals surface area contributed by atoms with Crippen LogP contribution in [0.15, 0.2) is 47.1 Å². The molecule has 4 aromatic rings. The molecule has 0 bridgehead atoms. The molecule has 0 amide bonds. The molecule has 0 aliphatic heterocycles. The van der Waals surface area contributed by atoms with E-state index in [0.717, 1.165) is 65.6 Å². The zero-order chi connectivity index (χ0) is 31.8. The number of rotatable bonds is 13. The van der Waals surface area contributed by atoms with Gasteiger partial charge in [0.25, 0.3) is 12.5 Å². The van der Waals surface area contributed by atoms with Crippen molar-refractivity contribution in [2.75, 3.05) is 23.0 Å². The first kappa shape index (κ1) is 34.7. The molecule has 10 heteroatoms. The fourth-order valence-electron chi connectivity index (χ4n) is 4.52. The third kappa shape index (κ3) is 10.1. The molecule has 0 fully saturated rings. The minimum Gasteiger partial charge on any atom is -0.468 e. The summed E-state index contributed by atoms with van der Waals surface area (Å²) < 4.78 is 10.1. The van der Waals surface area contributed by atoms with Crippen molar-refractivity contribution in [3.63, 3.8) is 0 Å². The molecule has 10 nitrogen and oxygen atoms in total. The van der Waals surface area contributed by atoms with Gasteiger partial charge in [-0.05, 0) is 62.9 Å². The number of ether oxygens (including phenoxy) is 1. The molecule has 0 aliphatic carbocycles. The number of anilines is 4. The largest absolute Gasteiger partial charge is 0.468 e. The van der Waals surface area contributed by atoms with E-state index in [9.17, 15) is 4.79 Å². The number of aryl methyl sites for hydroxylation is 2. The summed E-state index contributed by atoms with van der Waals surface area (Å²) in [7, 11) is 0. The van der Waals surface area contributed by atoms with Crippen LogP contribution in [-0.2, 0) is 9.53 Å². The van der Waals surface area contributed by atoms with Crippen LogP contribution >= 0.6 is 0 Å². The first-order chi connectivity index (χ1) is 20.8. The van der Waals surface area contributed by atoms with Crippen molar-refractivity contribution >= 4 is 46.6 Å². The Labute approximate surface area is 255 Å². The second-order valence-corrected chi connectivity index (χ2v) is 9.83. The predicted molar refractivity (Wildman–Crippen MR) is 176 cm³/mol. The SMILES string of the molecule is CC.CCCCC(CCC)Nc1ncnc(N)c1C(=N)c1ccc(Nc2nc3cc(C)cc(C)c3o2)cc1.CCOC=O. The molecule has 232 valence electrons. The standard InChI is InChI=1S/C28H35N7O.C3H6O2.C2H6/c1-5-7-9-20(8-6-2)33-27-23(26(30)31-16-32-27)24(29)19-10-12-21(13-11-19)34-28-35-22-15-17(3)14-18(4)25(22)36-28;1-2-5-3-4;1-2/h10-16,20,29H,5-9H2,1-4H3,(H,34,35)(H3,30,31,32,33);3H,2H2,1H3;1-2H3. The van der Waals surface area contributed by atoms with Crippen molar-refractivity contribution in [1.82, 2.24) is 15.0 Å².